The molecule has 0 aliphatic carbocycles. The van der Waals surface area contributed by atoms with Crippen LogP contribution in [0.15, 0.2) is 42.5 Å². The average molecular weight is 430 g/mol. The van der Waals surface area contributed by atoms with Crippen LogP contribution in [0.4, 0.5) is 17.6 Å². The van der Waals surface area contributed by atoms with Gasteiger partial charge in [0, 0.05) is 34.1 Å². The Hall–Kier alpha value is -1.96. The molecule has 0 amide bonds. The Bertz CT molecular complexity index is 934. The van der Waals surface area contributed by atoms with Gasteiger partial charge in [-0.25, -0.2) is 9.37 Å². The second-order valence-electron chi connectivity index (χ2n) is 6.14. The normalized spacial score (nSPS) is 11.8. The van der Waals surface area contributed by atoms with Gasteiger partial charge in [0.15, 0.2) is 0 Å². The molecule has 0 spiro atoms. The van der Waals surface area contributed by atoms with Crippen molar-refractivity contribution < 1.29 is 22.7 Å². The standard InChI is InChI=1S/C20H16ClF4NOS/c21-15-2-1-3-16(22)14(15)8-9-17-18(10-11-27)28-19(26-17)12-4-6-13(7-5-12)20(23,24)25/h1-7,27H,8-11H2. The van der Waals surface area contributed by atoms with Gasteiger partial charge in [-0.1, -0.05) is 29.8 Å². The van der Waals surface area contributed by atoms with Crippen LogP contribution in [0.5, 0.6) is 0 Å². The molecule has 0 aliphatic rings. The second kappa shape index (κ2) is 8.59. The van der Waals surface area contributed by atoms with Crippen molar-refractivity contribution >= 4 is 22.9 Å². The lowest BCUT2D eigenvalue weighted by atomic mass is 10.1. The highest BCUT2D eigenvalue weighted by Gasteiger charge is 2.30. The summed E-state index contributed by atoms with van der Waals surface area (Å²) in [6.45, 7) is -0.0813. The van der Waals surface area contributed by atoms with E-state index in [0.717, 1.165) is 17.0 Å². The molecule has 0 saturated carbocycles. The van der Waals surface area contributed by atoms with E-state index in [-0.39, 0.29) is 6.61 Å². The van der Waals surface area contributed by atoms with Crippen LogP contribution in [0, 0.1) is 5.82 Å². The molecule has 0 fully saturated rings. The first-order valence-electron chi connectivity index (χ1n) is 8.49. The minimum atomic E-state index is -4.40. The smallest absolute Gasteiger partial charge is 0.396 e. The van der Waals surface area contributed by atoms with E-state index in [4.69, 9.17) is 11.6 Å². The van der Waals surface area contributed by atoms with Crippen molar-refractivity contribution in [3.8, 4) is 10.6 Å². The maximum atomic E-state index is 14.0. The Labute approximate surface area is 168 Å². The van der Waals surface area contributed by atoms with Crippen molar-refractivity contribution in [2.24, 2.45) is 0 Å². The first-order chi connectivity index (χ1) is 13.3. The van der Waals surface area contributed by atoms with E-state index in [1.54, 1.807) is 6.07 Å². The summed E-state index contributed by atoms with van der Waals surface area (Å²) >= 11 is 7.37. The summed E-state index contributed by atoms with van der Waals surface area (Å²) in [4.78, 5) is 5.35. The van der Waals surface area contributed by atoms with E-state index >= 15 is 0 Å². The summed E-state index contributed by atoms with van der Waals surface area (Å²) < 4.78 is 52.2. The number of thiazole rings is 1. The fourth-order valence-corrected chi connectivity index (χ4v) is 4.17. The fourth-order valence-electron chi connectivity index (χ4n) is 2.82. The van der Waals surface area contributed by atoms with E-state index in [1.165, 1.54) is 35.6 Å². The maximum Gasteiger partial charge on any atom is 0.416 e. The molecule has 148 valence electrons. The molecule has 1 N–H and O–H groups in total. The van der Waals surface area contributed by atoms with Crippen LogP contribution in [0.25, 0.3) is 10.6 Å². The summed E-state index contributed by atoms with van der Waals surface area (Å²) in [5.41, 5.74) is 0.918. The summed E-state index contributed by atoms with van der Waals surface area (Å²) in [7, 11) is 0. The molecule has 0 unspecified atom stereocenters. The van der Waals surface area contributed by atoms with Gasteiger partial charge >= 0.3 is 6.18 Å². The first-order valence-corrected chi connectivity index (χ1v) is 9.69. The fraction of sp³-hybridized carbons (Fsp3) is 0.250. The van der Waals surface area contributed by atoms with Crippen LogP contribution >= 0.6 is 22.9 Å². The van der Waals surface area contributed by atoms with Crippen LogP contribution in [-0.4, -0.2) is 16.7 Å². The molecule has 0 saturated heterocycles. The van der Waals surface area contributed by atoms with Crippen molar-refractivity contribution in [3.05, 3.63) is 75.0 Å². The van der Waals surface area contributed by atoms with Crippen LogP contribution in [0.2, 0.25) is 5.02 Å². The lowest BCUT2D eigenvalue weighted by Crippen LogP contribution is -2.04. The lowest BCUT2D eigenvalue weighted by molar-refractivity contribution is -0.137. The Kier molecular flexibility index (Phi) is 6.37. The number of benzene rings is 2. The minimum Gasteiger partial charge on any atom is -0.396 e. The lowest BCUT2D eigenvalue weighted by Gasteiger charge is -2.06. The zero-order valence-corrected chi connectivity index (χ0v) is 16.1. The van der Waals surface area contributed by atoms with Crippen LogP contribution < -0.4 is 0 Å². The summed E-state index contributed by atoms with van der Waals surface area (Å²) in [6.07, 6.45) is -3.28. The molecule has 2 aromatic carbocycles. The summed E-state index contributed by atoms with van der Waals surface area (Å²) in [6, 6.07) is 9.27. The Morgan fingerprint density at radius 1 is 1.00 bits per heavy atom. The van der Waals surface area contributed by atoms with E-state index in [2.05, 4.69) is 4.98 Å². The van der Waals surface area contributed by atoms with Crippen molar-refractivity contribution in [2.45, 2.75) is 25.4 Å². The topological polar surface area (TPSA) is 33.1 Å². The van der Waals surface area contributed by atoms with Crippen LogP contribution in [0.3, 0.4) is 0 Å². The van der Waals surface area contributed by atoms with E-state index < -0.39 is 17.6 Å². The van der Waals surface area contributed by atoms with Crippen molar-refractivity contribution in [2.75, 3.05) is 6.61 Å². The number of halogens is 5. The molecule has 0 radical (unpaired) electrons. The van der Waals surface area contributed by atoms with Gasteiger partial charge < -0.3 is 5.11 Å². The number of alkyl halides is 3. The highest BCUT2D eigenvalue weighted by atomic mass is 35.5. The maximum absolute atomic E-state index is 14.0. The molecule has 28 heavy (non-hydrogen) atoms. The predicted octanol–water partition coefficient (Wildman–Crippen LogP) is 5.94. The van der Waals surface area contributed by atoms with Gasteiger partial charge in [0.1, 0.15) is 10.8 Å². The molecule has 1 heterocycles. The molecule has 3 rings (SSSR count). The van der Waals surface area contributed by atoms with Crippen molar-refractivity contribution in [1.29, 1.82) is 0 Å². The van der Waals surface area contributed by atoms with Crippen molar-refractivity contribution in [1.82, 2.24) is 4.98 Å². The largest absolute Gasteiger partial charge is 0.416 e. The monoisotopic (exact) mass is 429 g/mol. The number of hydrogen-bond acceptors (Lipinski definition) is 3. The highest BCUT2D eigenvalue weighted by molar-refractivity contribution is 7.15. The SMILES string of the molecule is OCCc1sc(-c2ccc(C(F)(F)F)cc2)nc1CCc1c(F)cccc1Cl. The average Bonchev–Trinajstić information content (AvgIpc) is 3.04. The molecular formula is C20H16ClF4NOS. The zero-order chi connectivity index (χ0) is 20.3. The first kappa shape index (κ1) is 20.8. The second-order valence-corrected chi connectivity index (χ2v) is 7.63. The van der Waals surface area contributed by atoms with Gasteiger partial charge in [-0.2, -0.15) is 13.2 Å². The molecular weight excluding hydrogens is 414 g/mol. The number of aryl methyl sites for hydroxylation is 1. The third-order valence-electron chi connectivity index (χ3n) is 4.25. The number of nitrogens with zero attached hydrogens (tertiary/aromatic N) is 1. The predicted molar refractivity (Wildman–Crippen MR) is 102 cm³/mol. The molecule has 0 bridgehead atoms. The number of aliphatic hydroxyl groups excluding tert-OH is 1. The number of aromatic nitrogens is 1. The molecule has 1 aromatic heterocycles. The van der Waals surface area contributed by atoms with Gasteiger partial charge in [-0.15, -0.1) is 11.3 Å². The van der Waals surface area contributed by atoms with Crippen LogP contribution in [-0.2, 0) is 25.4 Å². The van der Waals surface area contributed by atoms with Crippen molar-refractivity contribution in [3.63, 3.8) is 0 Å². The third-order valence-corrected chi connectivity index (χ3v) is 5.81. The van der Waals surface area contributed by atoms with E-state index in [0.29, 0.717) is 46.1 Å². The van der Waals surface area contributed by atoms with Crippen LogP contribution in [0.1, 0.15) is 21.7 Å². The molecule has 2 nitrogen and oxygen atoms in total. The third kappa shape index (κ3) is 4.71. The summed E-state index contributed by atoms with van der Waals surface area (Å²) in [5.74, 6) is -0.394. The molecule has 0 atom stereocenters. The van der Waals surface area contributed by atoms with E-state index in [9.17, 15) is 22.7 Å². The molecule has 3 aromatic rings. The number of rotatable bonds is 6. The van der Waals surface area contributed by atoms with Gasteiger partial charge in [-0.3, -0.25) is 0 Å². The highest BCUT2D eigenvalue weighted by Crippen LogP contribution is 2.33. The van der Waals surface area contributed by atoms with Gasteiger partial charge in [-0.05, 0) is 37.1 Å². The number of aliphatic hydroxyl groups is 1. The zero-order valence-electron chi connectivity index (χ0n) is 14.6. The van der Waals surface area contributed by atoms with Gasteiger partial charge in [0.25, 0.3) is 0 Å². The molecule has 0 aliphatic heterocycles. The quantitative estimate of drug-likeness (QED) is 0.492. The Morgan fingerprint density at radius 3 is 2.32 bits per heavy atom. The van der Waals surface area contributed by atoms with Gasteiger partial charge in [0.05, 0.1) is 11.3 Å². The Balaban J connectivity index is 1.85. The number of hydrogen-bond donors (Lipinski definition) is 1. The molecule has 8 heteroatoms. The van der Waals surface area contributed by atoms with E-state index in [1.807, 2.05) is 0 Å². The van der Waals surface area contributed by atoms with Gasteiger partial charge in [0.2, 0.25) is 0 Å². The minimum absolute atomic E-state index is 0.0813. The Morgan fingerprint density at radius 2 is 1.71 bits per heavy atom. The summed E-state index contributed by atoms with van der Waals surface area (Å²) in [5, 5.41) is 10.2.